The Morgan fingerprint density at radius 1 is 1.18 bits per heavy atom. The highest BCUT2D eigenvalue weighted by Crippen LogP contribution is 2.30. The molecule has 0 amide bonds. The summed E-state index contributed by atoms with van der Waals surface area (Å²) < 4.78 is 0. The fourth-order valence-electron chi connectivity index (χ4n) is 2.57. The second kappa shape index (κ2) is 7.07. The molecule has 1 nitrogen and oxygen atoms in total. The van der Waals surface area contributed by atoms with Gasteiger partial charge < -0.3 is 5.32 Å². The monoisotopic (exact) mass is 249 g/mol. The zero-order valence-electron chi connectivity index (χ0n) is 10.7. The minimum Gasteiger partial charge on any atom is -0.313 e. The van der Waals surface area contributed by atoms with E-state index in [0.29, 0.717) is 0 Å². The minimum absolute atomic E-state index is 0.738. The van der Waals surface area contributed by atoms with Gasteiger partial charge in [-0.3, -0.25) is 0 Å². The van der Waals surface area contributed by atoms with Crippen LogP contribution in [0.15, 0.2) is 30.3 Å². The van der Waals surface area contributed by atoms with Gasteiger partial charge in [-0.05, 0) is 24.9 Å². The Hall–Kier alpha value is -0.470. The lowest BCUT2D eigenvalue weighted by Gasteiger charge is -2.31. The molecule has 2 rings (SSSR count). The van der Waals surface area contributed by atoms with Gasteiger partial charge in [0, 0.05) is 17.0 Å². The molecule has 0 radical (unpaired) electrons. The molecule has 1 aromatic rings. The lowest BCUT2D eigenvalue weighted by atomic mass is 9.95. The van der Waals surface area contributed by atoms with Crippen LogP contribution in [0.4, 0.5) is 0 Å². The minimum atomic E-state index is 0.738. The summed E-state index contributed by atoms with van der Waals surface area (Å²) in [5.41, 5.74) is 1.46. The molecule has 0 saturated heterocycles. The van der Waals surface area contributed by atoms with Crippen LogP contribution in [0, 0.1) is 0 Å². The second-order valence-corrected chi connectivity index (χ2v) is 6.01. The highest BCUT2D eigenvalue weighted by atomic mass is 32.2. The maximum atomic E-state index is 3.65. The molecule has 0 aliphatic heterocycles. The number of benzene rings is 1. The first-order valence-electron chi connectivity index (χ1n) is 6.79. The fourth-order valence-corrected chi connectivity index (χ4v) is 3.97. The molecular weight excluding hydrogens is 226 g/mol. The molecule has 1 saturated carbocycles. The van der Waals surface area contributed by atoms with E-state index in [1.165, 1.54) is 31.2 Å². The van der Waals surface area contributed by atoms with Crippen LogP contribution in [0.2, 0.25) is 0 Å². The summed E-state index contributed by atoms with van der Waals surface area (Å²) in [6, 6.07) is 11.6. The van der Waals surface area contributed by atoms with Gasteiger partial charge in [0.15, 0.2) is 0 Å². The zero-order valence-corrected chi connectivity index (χ0v) is 11.5. The number of thioether (sulfide) groups is 1. The molecule has 17 heavy (non-hydrogen) atoms. The largest absolute Gasteiger partial charge is 0.313 e. The van der Waals surface area contributed by atoms with Gasteiger partial charge in [-0.1, -0.05) is 50.1 Å². The van der Waals surface area contributed by atoms with Crippen molar-refractivity contribution in [2.45, 2.75) is 49.7 Å². The van der Waals surface area contributed by atoms with Gasteiger partial charge in [0.1, 0.15) is 0 Å². The molecule has 0 heterocycles. The van der Waals surface area contributed by atoms with Crippen molar-refractivity contribution in [2.75, 3.05) is 6.54 Å². The van der Waals surface area contributed by atoms with Crippen LogP contribution >= 0.6 is 11.8 Å². The fraction of sp³-hybridized carbons (Fsp3) is 0.600. The van der Waals surface area contributed by atoms with E-state index in [0.717, 1.165) is 23.6 Å². The van der Waals surface area contributed by atoms with Crippen molar-refractivity contribution in [1.29, 1.82) is 0 Å². The van der Waals surface area contributed by atoms with Gasteiger partial charge in [-0.2, -0.15) is 11.8 Å². The summed E-state index contributed by atoms with van der Waals surface area (Å²) in [4.78, 5) is 0. The number of hydrogen-bond acceptors (Lipinski definition) is 2. The van der Waals surface area contributed by atoms with E-state index in [-0.39, 0.29) is 0 Å². The predicted octanol–water partition coefficient (Wildman–Crippen LogP) is 3.84. The molecule has 2 unspecified atom stereocenters. The first-order valence-corrected chi connectivity index (χ1v) is 7.84. The highest BCUT2D eigenvalue weighted by Gasteiger charge is 2.24. The van der Waals surface area contributed by atoms with Crippen LogP contribution in [-0.2, 0) is 5.75 Å². The van der Waals surface area contributed by atoms with E-state index >= 15 is 0 Å². The van der Waals surface area contributed by atoms with E-state index < -0.39 is 0 Å². The van der Waals surface area contributed by atoms with E-state index in [4.69, 9.17) is 0 Å². The summed E-state index contributed by atoms with van der Waals surface area (Å²) in [6.45, 7) is 3.32. The van der Waals surface area contributed by atoms with E-state index in [1.807, 2.05) is 0 Å². The molecule has 1 aliphatic carbocycles. The molecule has 0 bridgehead atoms. The van der Waals surface area contributed by atoms with Crippen molar-refractivity contribution in [3.63, 3.8) is 0 Å². The molecular formula is C15H23NS. The summed E-state index contributed by atoms with van der Waals surface area (Å²) in [5.74, 6) is 1.16. The number of hydrogen-bond donors (Lipinski definition) is 1. The summed E-state index contributed by atoms with van der Waals surface area (Å²) in [6.07, 6.45) is 5.56. The van der Waals surface area contributed by atoms with Crippen molar-refractivity contribution < 1.29 is 0 Å². The molecule has 1 aromatic carbocycles. The third-order valence-electron chi connectivity index (χ3n) is 3.48. The predicted molar refractivity (Wildman–Crippen MR) is 77.5 cm³/mol. The third kappa shape index (κ3) is 4.04. The average molecular weight is 249 g/mol. The molecule has 1 N–H and O–H groups in total. The Labute approximate surface area is 109 Å². The lowest BCUT2D eigenvalue weighted by molar-refractivity contribution is 0.391. The molecule has 1 aliphatic rings. The normalized spacial score (nSPS) is 24.8. The van der Waals surface area contributed by atoms with Crippen LogP contribution in [0.3, 0.4) is 0 Å². The van der Waals surface area contributed by atoms with Gasteiger partial charge in [-0.25, -0.2) is 0 Å². The molecule has 0 spiro atoms. The van der Waals surface area contributed by atoms with Crippen molar-refractivity contribution in [3.05, 3.63) is 35.9 Å². The quantitative estimate of drug-likeness (QED) is 0.851. The maximum Gasteiger partial charge on any atom is 0.0204 e. The van der Waals surface area contributed by atoms with Gasteiger partial charge in [0.25, 0.3) is 0 Å². The summed E-state index contributed by atoms with van der Waals surface area (Å²) in [5, 5.41) is 4.46. The van der Waals surface area contributed by atoms with Gasteiger partial charge in [0.2, 0.25) is 0 Å². The first-order chi connectivity index (χ1) is 8.40. The van der Waals surface area contributed by atoms with E-state index in [1.54, 1.807) is 0 Å². The van der Waals surface area contributed by atoms with E-state index in [9.17, 15) is 0 Å². The van der Waals surface area contributed by atoms with Crippen molar-refractivity contribution >= 4 is 11.8 Å². The van der Waals surface area contributed by atoms with Crippen molar-refractivity contribution in [2.24, 2.45) is 0 Å². The topological polar surface area (TPSA) is 12.0 Å². The Morgan fingerprint density at radius 2 is 1.94 bits per heavy atom. The molecule has 94 valence electrons. The SMILES string of the molecule is CCNC1CCCCC1SCc1ccccc1. The van der Waals surface area contributed by atoms with Crippen LogP contribution < -0.4 is 5.32 Å². The van der Waals surface area contributed by atoms with Crippen LogP contribution in [-0.4, -0.2) is 17.8 Å². The maximum absolute atomic E-state index is 3.65. The van der Waals surface area contributed by atoms with Crippen molar-refractivity contribution in [1.82, 2.24) is 5.32 Å². The smallest absolute Gasteiger partial charge is 0.0204 e. The number of rotatable bonds is 5. The number of nitrogens with one attached hydrogen (secondary N) is 1. The van der Waals surface area contributed by atoms with Crippen LogP contribution in [0.1, 0.15) is 38.2 Å². The molecule has 0 aromatic heterocycles. The summed E-state index contributed by atoms with van der Waals surface area (Å²) in [7, 11) is 0. The lowest BCUT2D eigenvalue weighted by Crippen LogP contribution is -2.40. The van der Waals surface area contributed by atoms with Gasteiger partial charge >= 0.3 is 0 Å². The van der Waals surface area contributed by atoms with Gasteiger partial charge in [-0.15, -0.1) is 0 Å². The molecule has 2 heteroatoms. The first kappa shape index (κ1) is 13.0. The summed E-state index contributed by atoms with van der Waals surface area (Å²) >= 11 is 2.14. The Morgan fingerprint density at radius 3 is 2.71 bits per heavy atom. The van der Waals surface area contributed by atoms with E-state index in [2.05, 4.69) is 54.3 Å². The molecule has 1 fully saturated rings. The average Bonchev–Trinajstić information content (AvgIpc) is 2.39. The van der Waals surface area contributed by atoms with Crippen molar-refractivity contribution in [3.8, 4) is 0 Å². The zero-order chi connectivity index (χ0) is 11.9. The van der Waals surface area contributed by atoms with Gasteiger partial charge in [0.05, 0.1) is 0 Å². The third-order valence-corrected chi connectivity index (χ3v) is 4.97. The molecule has 2 atom stereocenters. The Bertz CT molecular complexity index is 310. The Kier molecular flexibility index (Phi) is 5.40. The standard InChI is InChI=1S/C15H23NS/c1-2-16-14-10-6-7-11-15(14)17-12-13-8-4-3-5-9-13/h3-5,8-9,14-16H,2,6-7,10-12H2,1H3. The Balaban J connectivity index is 1.84. The highest BCUT2D eigenvalue weighted by molar-refractivity contribution is 7.99. The van der Waals surface area contributed by atoms with Crippen LogP contribution in [0.25, 0.3) is 0 Å². The van der Waals surface area contributed by atoms with Crippen LogP contribution in [0.5, 0.6) is 0 Å². The second-order valence-electron chi connectivity index (χ2n) is 4.78.